The van der Waals surface area contributed by atoms with Crippen LogP contribution in [0.3, 0.4) is 0 Å². The molecule has 5 nitrogen and oxygen atoms in total. The van der Waals surface area contributed by atoms with Crippen LogP contribution in [0.15, 0.2) is 0 Å². The van der Waals surface area contributed by atoms with E-state index in [0.717, 1.165) is 0 Å². The van der Waals surface area contributed by atoms with E-state index in [9.17, 15) is 4.57 Å². The minimum atomic E-state index is -4.26. The smallest absolute Gasteiger partial charge is 1.00 e. The van der Waals surface area contributed by atoms with Crippen LogP contribution in [0.1, 0.15) is 0 Å². The van der Waals surface area contributed by atoms with E-state index < -0.39 is 7.82 Å². The molecule has 0 aliphatic rings. The molecular weight excluding hydrogens is 245 g/mol. The Morgan fingerprint density at radius 3 is 1.92 bits per heavy atom. The van der Waals surface area contributed by atoms with Gasteiger partial charge in [0, 0.05) is 0 Å². The Balaban J connectivity index is -0.000000500. The summed E-state index contributed by atoms with van der Waals surface area (Å²) in [6, 6.07) is 0. The van der Waals surface area contributed by atoms with Gasteiger partial charge in [-0.25, -0.2) is 4.57 Å². The Bertz CT molecular complexity index is 168. The van der Waals surface area contributed by atoms with Gasteiger partial charge in [0.2, 0.25) is 0 Å². The number of rotatable bonds is 4. The molecule has 0 spiro atoms. The number of phosphoric ester groups is 1. The van der Waals surface area contributed by atoms with Gasteiger partial charge in [-0.2, -0.15) is 0 Å². The number of hydrogen-bond donors (Lipinski definition) is 2. The molecule has 76 valence electrons. The minimum Gasteiger partial charge on any atom is -1.00 e. The number of halogens is 1. The summed E-state index contributed by atoms with van der Waals surface area (Å²) in [6.07, 6.45) is 0. The summed E-state index contributed by atoms with van der Waals surface area (Å²) in [6.45, 7) is 0.652. The molecular formula is C5H15CaClNO4P+2. The molecule has 0 unspecified atom stereocenters. The first-order valence-electron chi connectivity index (χ1n) is 3.21. The maximum absolute atomic E-state index is 10.2. The van der Waals surface area contributed by atoms with Crippen LogP contribution in [-0.4, -0.2) is 86.3 Å². The average Bonchev–Trinajstić information content (AvgIpc) is 1.55. The maximum atomic E-state index is 10.2. The molecule has 0 rings (SSSR count). The quantitative estimate of drug-likeness (QED) is 0.311. The summed E-state index contributed by atoms with van der Waals surface area (Å²) < 4.78 is 15.1. The Kier molecular flexibility index (Phi) is 12.1. The second kappa shape index (κ2) is 7.85. The van der Waals surface area contributed by atoms with Crippen molar-refractivity contribution < 1.29 is 35.8 Å². The van der Waals surface area contributed by atoms with Gasteiger partial charge < -0.3 is 26.7 Å². The SMILES string of the molecule is C[N+](C)(C)CCOP(=O)(O)O.[Ca+2].[Cl-]. The minimum absolute atomic E-state index is 0. The van der Waals surface area contributed by atoms with Gasteiger partial charge in [0.25, 0.3) is 0 Å². The molecule has 0 atom stereocenters. The van der Waals surface area contributed by atoms with E-state index in [2.05, 4.69) is 4.52 Å². The summed E-state index contributed by atoms with van der Waals surface area (Å²) in [5.74, 6) is 0. The zero-order valence-corrected chi connectivity index (χ0v) is 12.0. The summed E-state index contributed by atoms with van der Waals surface area (Å²) in [5, 5.41) is 0. The van der Waals surface area contributed by atoms with Crippen molar-refractivity contribution in [2.24, 2.45) is 0 Å². The number of likely N-dealkylation sites (N-methyl/N-ethyl adjacent to an activating group) is 1. The Hall–Kier alpha value is 1.62. The molecule has 8 heteroatoms. The van der Waals surface area contributed by atoms with Gasteiger partial charge in [-0.1, -0.05) is 0 Å². The van der Waals surface area contributed by atoms with Gasteiger partial charge in [0.1, 0.15) is 13.2 Å². The molecule has 0 heterocycles. The first-order chi connectivity index (χ1) is 4.71. The van der Waals surface area contributed by atoms with Crippen molar-refractivity contribution in [1.82, 2.24) is 0 Å². The molecule has 0 saturated heterocycles. The van der Waals surface area contributed by atoms with Crippen molar-refractivity contribution in [2.75, 3.05) is 34.3 Å². The van der Waals surface area contributed by atoms with Crippen LogP contribution in [0.25, 0.3) is 0 Å². The number of quaternary nitrogens is 1. The van der Waals surface area contributed by atoms with Crippen molar-refractivity contribution in [3.05, 3.63) is 0 Å². The van der Waals surface area contributed by atoms with E-state index in [4.69, 9.17) is 9.79 Å². The molecule has 0 aromatic rings. The molecule has 2 N–H and O–H groups in total. The molecule has 0 aromatic carbocycles. The predicted molar refractivity (Wildman–Crippen MR) is 46.6 cm³/mol. The standard InChI is InChI=1S/C5H14NO4P.Ca.ClH/c1-6(2,3)4-5-10-11(7,8)9;;/h4-5H2,1-3H3,(H-,7,8,9);;1H/q;+2;. The second-order valence-electron chi connectivity index (χ2n) is 3.34. The van der Waals surface area contributed by atoms with Crippen molar-refractivity contribution in [3.8, 4) is 0 Å². The molecule has 0 fully saturated rings. The summed E-state index contributed by atoms with van der Waals surface area (Å²) in [7, 11) is 1.50. The largest absolute Gasteiger partial charge is 2.00 e. The third-order valence-electron chi connectivity index (χ3n) is 1.02. The fourth-order valence-corrected chi connectivity index (χ4v) is 0.753. The molecule has 13 heavy (non-hydrogen) atoms. The van der Waals surface area contributed by atoms with E-state index in [1.807, 2.05) is 21.1 Å². The number of hydrogen-bond acceptors (Lipinski definition) is 2. The van der Waals surface area contributed by atoms with E-state index in [1.165, 1.54) is 0 Å². The molecule has 0 aliphatic carbocycles. The van der Waals surface area contributed by atoms with Gasteiger partial charge in [-0.15, -0.1) is 0 Å². The van der Waals surface area contributed by atoms with Gasteiger partial charge in [0.15, 0.2) is 0 Å². The predicted octanol–water partition coefficient (Wildman–Crippen LogP) is -3.57. The van der Waals surface area contributed by atoms with Gasteiger partial charge in [-0.05, 0) is 0 Å². The summed E-state index contributed by atoms with van der Waals surface area (Å²) >= 11 is 0. The number of nitrogens with zero attached hydrogens (tertiary/aromatic N) is 1. The van der Waals surface area contributed by atoms with Crippen LogP contribution < -0.4 is 12.4 Å². The van der Waals surface area contributed by atoms with Crippen LogP contribution >= 0.6 is 7.82 Å². The van der Waals surface area contributed by atoms with Gasteiger partial charge >= 0.3 is 45.6 Å². The molecule has 0 aromatic heterocycles. The second-order valence-corrected chi connectivity index (χ2v) is 4.58. The van der Waals surface area contributed by atoms with Crippen molar-refractivity contribution in [2.45, 2.75) is 0 Å². The zero-order chi connectivity index (χ0) is 9.12. The Morgan fingerprint density at radius 2 is 1.69 bits per heavy atom. The first-order valence-corrected chi connectivity index (χ1v) is 4.74. The van der Waals surface area contributed by atoms with Gasteiger partial charge in [0.05, 0.1) is 21.1 Å². The first kappa shape index (κ1) is 20.1. The van der Waals surface area contributed by atoms with Crippen molar-refractivity contribution >= 4 is 45.6 Å². The Labute approximate surface area is 115 Å². The van der Waals surface area contributed by atoms with Crippen LogP contribution in [0.2, 0.25) is 0 Å². The normalized spacial score (nSPS) is 11.5. The fraction of sp³-hybridized carbons (Fsp3) is 1.00. The molecule has 0 saturated carbocycles. The third kappa shape index (κ3) is 19.9. The van der Waals surface area contributed by atoms with Crippen molar-refractivity contribution in [1.29, 1.82) is 0 Å². The van der Waals surface area contributed by atoms with E-state index in [-0.39, 0.29) is 56.8 Å². The monoisotopic (exact) mass is 259 g/mol. The molecule has 0 radical (unpaired) electrons. The number of phosphoric acid groups is 1. The van der Waals surface area contributed by atoms with Crippen molar-refractivity contribution in [3.63, 3.8) is 0 Å². The summed E-state index contributed by atoms with van der Waals surface area (Å²) in [4.78, 5) is 16.6. The van der Waals surface area contributed by atoms with E-state index in [1.54, 1.807) is 0 Å². The van der Waals surface area contributed by atoms with E-state index >= 15 is 0 Å². The molecule has 0 amide bonds. The molecule has 0 bridgehead atoms. The fourth-order valence-electron chi connectivity index (χ4n) is 0.434. The van der Waals surface area contributed by atoms with Crippen LogP contribution in [-0.2, 0) is 9.09 Å². The zero-order valence-electron chi connectivity index (χ0n) is 8.10. The van der Waals surface area contributed by atoms with Crippen LogP contribution in [0.4, 0.5) is 0 Å². The summed E-state index contributed by atoms with van der Waals surface area (Å²) in [5.41, 5.74) is 0. The van der Waals surface area contributed by atoms with Gasteiger partial charge in [-0.3, -0.25) is 4.52 Å². The maximum Gasteiger partial charge on any atom is 2.00 e. The van der Waals surface area contributed by atoms with E-state index in [0.29, 0.717) is 11.0 Å². The van der Waals surface area contributed by atoms with Crippen LogP contribution in [0, 0.1) is 0 Å². The third-order valence-corrected chi connectivity index (χ3v) is 1.54. The average molecular weight is 260 g/mol. The Morgan fingerprint density at radius 1 is 1.31 bits per heavy atom. The van der Waals surface area contributed by atoms with Crippen LogP contribution in [0.5, 0.6) is 0 Å². The molecule has 0 aliphatic heterocycles. The topological polar surface area (TPSA) is 66.8 Å².